The van der Waals surface area contributed by atoms with Gasteiger partial charge in [-0.1, -0.05) is 35.0 Å². The van der Waals surface area contributed by atoms with E-state index in [4.69, 9.17) is 34.7 Å². The lowest BCUT2D eigenvalue weighted by Gasteiger charge is -2.12. The van der Waals surface area contributed by atoms with Crippen molar-refractivity contribution in [2.24, 2.45) is 0 Å². The summed E-state index contributed by atoms with van der Waals surface area (Å²) in [5, 5.41) is 3.82. The molecule has 0 bridgehead atoms. The maximum Gasteiger partial charge on any atom is 0.223 e. The molecule has 2 heterocycles. The van der Waals surface area contributed by atoms with E-state index in [-0.39, 0.29) is 11.1 Å². The zero-order valence-corrected chi connectivity index (χ0v) is 14.5. The summed E-state index contributed by atoms with van der Waals surface area (Å²) < 4.78 is 0. The summed E-state index contributed by atoms with van der Waals surface area (Å²) in [7, 11) is 0. The maximum absolute atomic E-state index is 6.37. The molecule has 0 aliphatic heterocycles. The standard InChI is InChI=1S/C15H12Cl2N6S/c16-10-5-8(21-13-7-12(17)22-15(19)23-13)6-11(18)14(10)24-9-1-3-20-4-2-9/h1-7H,18H2,(H3,19,21,22,23). The van der Waals surface area contributed by atoms with Crippen LogP contribution in [0.3, 0.4) is 0 Å². The molecular weight excluding hydrogens is 367 g/mol. The van der Waals surface area contributed by atoms with Crippen LogP contribution in [-0.4, -0.2) is 15.0 Å². The van der Waals surface area contributed by atoms with Gasteiger partial charge < -0.3 is 16.8 Å². The largest absolute Gasteiger partial charge is 0.398 e. The molecule has 0 saturated heterocycles. The molecule has 0 saturated carbocycles. The Balaban J connectivity index is 1.86. The number of benzene rings is 1. The Labute approximate surface area is 152 Å². The Morgan fingerprint density at radius 3 is 2.42 bits per heavy atom. The highest BCUT2D eigenvalue weighted by Gasteiger charge is 2.10. The van der Waals surface area contributed by atoms with E-state index < -0.39 is 0 Å². The number of nitrogens with two attached hydrogens (primary N) is 2. The van der Waals surface area contributed by atoms with Crippen LogP contribution in [0.2, 0.25) is 10.2 Å². The third-order valence-electron chi connectivity index (χ3n) is 2.93. The number of nitrogens with zero attached hydrogens (tertiary/aromatic N) is 3. The van der Waals surface area contributed by atoms with Gasteiger partial charge >= 0.3 is 0 Å². The fraction of sp³-hybridized carbons (Fsp3) is 0. The van der Waals surface area contributed by atoms with Crippen LogP contribution in [0.25, 0.3) is 0 Å². The molecule has 0 aliphatic rings. The van der Waals surface area contributed by atoms with Crippen molar-refractivity contribution in [3.05, 3.63) is 52.9 Å². The first-order valence-electron chi connectivity index (χ1n) is 6.75. The van der Waals surface area contributed by atoms with Crippen molar-refractivity contribution in [1.82, 2.24) is 15.0 Å². The average molecular weight is 379 g/mol. The second-order valence-electron chi connectivity index (χ2n) is 4.72. The highest BCUT2D eigenvalue weighted by atomic mass is 35.5. The fourth-order valence-corrected chi connectivity index (χ4v) is 3.32. The van der Waals surface area contributed by atoms with Crippen molar-refractivity contribution in [2.45, 2.75) is 9.79 Å². The van der Waals surface area contributed by atoms with Crippen LogP contribution in [-0.2, 0) is 0 Å². The molecule has 0 radical (unpaired) electrons. The first-order valence-corrected chi connectivity index (χ1v) is 8.32. The second kappa shape index (κ2) is 7.12. The van der Waals surface area contributed by atoms with Gasteiger partial charge in [0, 0.05) is 34.7 Å². The number of anilines is 4. The van der Waals surface area contributed by atoms with Gasteiger partial charge in [-0.15, -0.1) is 0 Å². The van der Waals surface area contributed by atoms with Crippen molar-refractivity contribution in [2.75, 3.05) is 16.8 Å². The van der Waals surface area contributed by atoms with Crippen LogP contribution in [0.5, 0.6) is 0 Å². The van der Waals surface area contributed by atoms with Crippen LogP contribution >= 0.6 is 35.0 Å². The SMILES string of the molecule is Nc1nc(Cl)cc(Nc2cc(N)c(Sc3ccncc3)c(Cl)c2)n1. The van der Waals surface area contributed by atoms with Gasteiger partial charge in [0.2, 0.25) is 5.95 Å². The first kappa shape index (κ1) is 16.6. The minimum absolute atomic E-state index is 0.0777. The molecule has 0 unspecified atom stereocenters. The molecule has 6 nitrogen and oxygen atoms in total. The quantitative estimate of drug-likeness (QED) is 0.460. The summed E-state index contributed by atoms with van der Waals surface area (Å²) >= 11 is 13.7. The van der Waals surface area contributed by atoms with Gasteiger partial charge in [0.1, 0.15) is 11.0 Å². The molecule has 0 atom stereocenters. The van der Waals surface area contributed by atoms with Gasteiger partial charge in [-0.3, -0.25) is 4.98 Å². The first-order chi connectivity index (χ1) is 11.5. The predicted octanol–water partition coefficient (Wildman–Crippen LogP) is 4.24. The highest BCUT2D eigenvalue weighted by Crippen LogP contribution is 2.39. The monoisotopic (exact) mass is 378 g/mol. The summed E-state index contributed by atoms with van der Waals surface area (Å²) in [5.41, 5.74) is 12.9. The molecule has 5 N–H and O–H groups in total. The minimum atomic E-state index is 0.0777. The Morgan fingerprint density at radius 2 is 1.75 bits per heavy atom. The van der Waals surface area contributed by atoms with E-state index in [0.29, 0.717) is 22.2 Å². The lowest BCUT2D eigenvalue weighted by molar-refractivity contribution is 1.18. The topological polar surface area (TPSA) is 103 Å². The lowest BCUT2D eigenvalue weighted by Crippen LogP contribution is -2.01. The molecule has 0 fully saturated rings. The molecule has 24 heavy (non-hydrogen) atoms. The molecule has 0 spiro atoms. The van der Waals surface area contributed by atoms with Crippen molar-refractivity contribution in [3.63, 3.8) is 0 Å². The maximum atomic E-state index is 6.37. The molecule has 9 heteroatoms. The Hall–Kier alpha value is -2.22. The van der Waals surface area contributed by atoms with E-state index in [9.17, 15) is 0 Å². The van der Waals surface area contributed by atoms with Gasteiger partial charge in [0.25, 0.3) is 0 Å². The summed E-state index contributed by atoms with van der Waals surface area (Å²) in [6, 6.07) is 8.85. The molecule has 3 rings (SSSR count). The second-order valence-corrected chi connectivity index (χ2v) is 6.60. The van der Waals surface area contributed by atoms with Crippen LogP contribution in [0.15, 0.2) is 52.5 Å². The third kappa shape index (κ3) is 4.00. The number of nitrogens with one attached hydrogen (secondary N) is 1. The molecule has 1 aromatic carbocycles. The van der Waals surface area contributed by atoms with Gasteiger partial charge in [-0.2, -0.15) is 4.98 Å². The van der Waals surface area contributed by atoms with E-state index in [1.807, 2.05) is 12.1 Å². The Bertz CT molecular complexity index is 832. The minimum Gasteiger partial charge on any atom is -0.398 e. The lowest BCUT2D eigenvalue weighted by atomic mass is 10.3. The summed E-state index contributed by atoms with van der Waals surface area (Å²) in [4.78, 5) is 13.6. The zero-order valence-electron chi connectivity index (χ0n) is 12.2. The van der Waals surface area contributed by atoms with Gasteiger partial charge in [-0.25, -0.2) is 4.98 Å². The predicted molar refractivity (Wildman–Crippen MR) is 99.0 cm³/mol. The zero-order chi connectivity index (χ0) is 17.1. The van der Waals surface area contributed by atoms with Crippen LogP contribution in [0.4, 0.5) is 23.1 Å². The molecule has 2 aromatic heterocycles. The van der Waals surface area contributed by atoms with Crippen molar-refractivity contribution >= 4 is 58.1 Å². The highest BCUT2D eigenvalue weighted by molar-refractivity contribution is 7.99. The van der Waals surface area contributed by atoms with Gasteiger partial charge in [-0.05, 0) is 24.3 Å². The van der Waals surface area contributed by atoms with Gasteiger partial charge in [0.15, 0.2) is 0 Å². The molecule has 3 aromatic rings. The van der Waals surface area contributed by atoms with E-state index in [2.05, 4.69) is 20.3 Å². The fourth-order valence-electron chi connectivity index (χ4n) is 1.97. The van der Waals surface area contributed by atoms with Crippen molar-refractivity contribution in [3.8, 4) is 0 Å². The number of pyridine rings is 1. The average Bonchev–Trinajstić information content (AvgIpc) is 2.51. The summed E-state index contributed by atoms with van der Waals surface area (Å²) in [6.45, 7) is 0. The number of aromatic nitrogens is 3. The van der Waals surface area contributed by atoms with Crippen LogP contribution in [0.1, 0.15) is 0 Å². The summed E-state index contributed by atoms with van der Waals surface area (Å²) in [6.07, 6.45) is 3.43. The number of nitrogen functional groups attached to an aromatic ring is 2. The van der Waals surface area contributed by atoms with Crippen LogP contribution < -0.4 is 16.8 Å². The smallest absolute Gasteiger partial charge is 0.223 e. The van der Waals surface area contributed by atoms with E-state index in [1.165, 1.54) is 11.8 Å². The van der Waals surface area contributed by atoms with E-state index >= 15 is 0 Å². The van der Waals surface area contributed by atoms with Crippen LogP contribution in [0, 0.1) is 0 Å². The Morgan fingerprint density at radius 1 is 1.00 bits per heavy atom. The van der Waals surface area contributed by atoms with E-state index in [1.54, 1.807) is 30.6 Å². The number of rotatable bonds is 4. The number of hydrogen-bond acceptors (Lipinski definition) is 7. The molecule has 0 amide bonds. The molecule has 0 aliphatic carbocycles. The van der Waals surface area contributed by atoms with E-state index in [0.717, 1.165) is 9.79 Å². The Kier molecular flexibility index (Phi) is 4.94. The summed E-state index contributed by atoms with van der Waals surface area (Å²) in [5.74, 6) is 0.534. The van der Waals surface area contributed by atoms with Gasteiger partial charge in [0.05, 0.1) is 9.92 Å². The number of hydrogen-bond donors (Lipinski definition) is 3. The van der Waals surface area contributed by atoms with Crippen molar-refractivity contribution < 1.29 is 0 Å². The normalized spacial score (nSPS) is 10.6. The van der Waals surface area contributed by atoms with Crippen molar-refractivity contribution in [1.29, 1.82) is 0 Å². The number of halogens is 2. The molecular formula is C15H12Cl2N6S. The molecule has 122 valence electrons. The third-order valence-corrected chi connectivity index (χ3v) is 4.70.